The maximum Gasteiger partial charge on any atom is 0.358 e. The number of hydrogen-bond acceptors (Lipinski definition) is 6. The van der Waals surface area contributed by atoms with Gasteiger partial charge >= 0.3 is 11.9 Å². The summed E-state index contributed by atoms with van der Waals surface area (Å²) in [6, 6.07) is 0. The molecule has 1 aromatic heterocycles. The molecule has 8 heteroatoms. The Hall–Kier alpha value is -1.76. The Morgan fingerprint density at radius 1 is 1.28 bits per heavy atom. The van der Waals surface area contributed by atoms with E-state index in [0.29, 0.717) is 6.61 Å². The van der Waals surface area contributed by atoms with Gasteiger partial charge in [0.25, 0.3) is 0 Å². The Labute approximate surface area is 110 Å². The number of imidazole rings is 1. The van der Waals surface area contributed by atoms with Crippen molar-refractivity contribution in [3.05, 3.63) is 11.5 Å². The lowest BCUT2D eigenvalue weighted by atomic mass is 10.4. The van der Waals surface area contributed by atoms with Crippen molar-refractivity contribution in [2.75, 3.05) is 18.9 Å². The number of esters is 2. The number of rotatable bonds is 5. The molecule has 0 aliphatic heterocycles. The fraction of sp³-hybridized carbons (Fsp3) is 0.500. The first-order valence-corrected chi connectivity index (χ1v) is 5.25. The van der Waals surface area contributed by atoms with E-state index in [4.69, 9.17) is 15.2 Å². The maximum atomic E-state index is 11.4. The fourth-order valence-corrected chi connectivity index (χ4v) is 1.23. The molecule has 1 rings (SSSR count). The number of nitrogens with zero attached hydrogens (tertiary/aromatic N) is 1. The molecular formula is C10H16ClN3O4. The SMILES string of the molecule is CCOC(=O)Cc1nc(N)c(C(=O)OCC)[nH]1.Cl. The van der Waals surface area contributed by atoms with Gasteiger partial charge in [0.1, 0.15) is 12.2 Å². The van der Waals surface area contributed by atoms with Crippen LogP contribution in [0.1, 0.15) is 30.2 Å². The third-order valence-electron chi connectivity index (χ3n) is 1.88. The number of carbonyl (C=O) groups excluding carboxylic acids is 2. The van der Waals surface area contributed by atoms with Crippen LogP contribution in [-0.4, -0.2) is 35.1 Å². The van der Waals surface area contributed by atoms with Crippen LogP contribution in [0.25, 0.3) is 0 Å². The number of anilines is 1. The zero-order chi connectivity index (χ0) is 12.8. The normalized spacial score (nSPS) is 9.44. The molecule has 18 heavy (non-hydrogen) atoms. The van der Waals surface area contributed by atoms with Crippen LogP contribution in [0.15, 0.2) is 0 Å². The van der Waals surface area contributed by atoms with E-state index in [1.807, 2.05) is 0 Å². The van der Waals surface area contributed by atoms with Gasteiger partial charge in [-0.2, -0.15) is 0 Å². The quantitative estimate of drug-likeness (QED) is 0.767. The molecule has 0 aliphatic rings. The van der Waals surface area contributed by atoms with E-state index in [1.165, 1.54) is 0 Å². The van der Waals surface area contributed by atoms with E-state index in [1.54, 1.807) is 13.8 Å². The minimum absolute atomic E-state index is 0. The van der Waals surface area contributed by atoms with Crippen LogP contribution in [0.2, 0.25) is 0 Å². The summed E-state index contributed by atoms with van der Waals surface area (Å²) in [5, 5.41) is 0. The van der Waals surface area contributed by atoms with Crippen molar-refractivity contribution >= 4 is 30.2 Å². The minimum Gasteiger partial charge on any atom is -0.466 e. The van der Waals surface area contributed by atoms with Gasteiger partial charge in [-0.1, -0.05) is 0 Å². The molecule has 1 aromatic rings. The van der Waals surface area contributed by atoms with Crippen LogP contribution < -0.4 is 5.73 Å². The highest BCUT2D eigenvalue weighted by molar-refractivity contribution is 5.92. The van der Waals surface area contributed by atoms with E-state index in [9.17, 15) is 9.59 Å². The van der Waals surface area contributed by atoms with Gasteiger partial charge in [0.05, 0.1) is 13.2 Å². The lowest BCUT2D eigenvalue weighted by Gasteiger charge is -1.99. The lowest BCUT2D eigenvalue weighted by molar-refractivity contribution is -0.142. The van der Waals surface area contributed by atoms with Crippen molar-refractivity contribution in [1.29, 1.82) is 0 Å². The highest BCUT2D eigenvalue weighted by Gasteiger charge is 2.17. The number of H-pyrrole nitrogens is 1. The van der Waals surface area contributed by atoms with Crippen LogP contribution in [0, 0.1) is 0 Å². The van der Waals surface area contributed by atoms with E-state index < -0.39 is 11.9 Å². The average Bonchev–Trinajstić information content (AvgIpc) is 2.60. The van der Waals surface area contributed by atoms with Crippen LogP contribution in [0.4, 0.5) is 5.82 Å². The van der Waals surface area contributed by atoms with Crippen LogP contribution in [0.5, 0.6) is 0 Å². The molecule has 0 unspecified atom stereocenters. The van der Waals surface area contributed by atoms with Gasteiger partial charge in [-0.25, -0.2) is 9.78 Å². The molecular weight excluding hydrogens is 262 g/mol. The summed E-state index contributed by atoms with van der Waals surface area (Å²) in [5.74, 6) is -0.726. The Morgan fingerprint density at radius 2 is 1.89 bits per heavy atom. The monoisotopic (exact) mass is 277 g/mol. The molecule has 0 aliphatic carbocycles. The number of nitrogens with one attached hydrogen (secondary N) is 1. The number of halogens is 1. The predicted molar refractivity (Wildman–Crippen MR) is 66.5 cm³/mol. The molecule has 0 saturated carbocycles. The standard InChI is InChI=1S/C10H15N3O4.ClH/c1-3-16-7(14)5-6-12-8(9(11)13-6)10(15)17-4-2;/h3-5,11H2,1-2H3,(H,12,13);1H. The van der Waals surface area contributed by atoms with Crippen molar-refractivity contribution in [1.82, 2.24) is 9.97 Å². The molecule has 0 radical (unpaired) electrons. The smallest absolute Gasteiger partial charge is 0.358 e. The van der Waals surface area contributed by atoms with E-state index in [0.717, 1.165) is 0 Å². The summed E-state index contributed by atoms with van der Waals surface area (Å²) >= 11 is 0. The third-order valence-corrected chi connectivity index (χ3v) is 1.88. The number of carbonyl (C=O) groups is 2. The number of ether oxygens (including phenoxy) is 2. The summed E-state index contributed by atoms with van der Waals surface area (Å²) in [7, 11) is 0. The van der Waals surface area contributed by atoms with Gasteiger partial charge in [-0.3, -0.25) is 4.79 Å². The molecule has 102 valence electrons. The molecule has 1 heterocycles. The second-order valence-corrected chi connectivity index (χ2v) is 3.15. The van der Waals surface area contributed by atoms with Gasteiger partial charge in [-0.05, 0) is 13.8 Å². The number of aromatic amines is 1. The fourth-order valence-electron chi connectivity index (χ4n) is 1.23. The van der Waals surface area contributed by atoms with Gasteiger partial charge < -0.3 is 20.2 Å². The minimum atomic E-state index is -0.590. The van der Waals surface area contributed by atoms with Gasteiger partial charge in [-0.15, -0.1) is 12.4 Å². The number of hydrogen-bond donors (Lipinski definition) is 2. The summed E-state index contributed by atoms with van der Waals surface area (Å²) in [6.45, 7) is 3.92. The van der Waals surface area contributed by atoms with Crippen molar-refractivity contribution < 1.29 is 19.1 Å². The Bertz CT molecular complexity index is 419. The molecule has 3 N–H and O–H groups in total. The largest absolute Gasteiger partial charge is 0.466 e. The second-order valence-electron chi connectivity index (χ2n) is 3.15. The second kappa shape index (κ2) is 7.54. The third kappa shape index (κ3) is 4.25. The van der Waals surface area contributed by atoms with Crippen LogP contribution in [0.3, 0.4) is 0 Å². The first-order valence-electron chi connectivity index (χ1n) is 5.25. The molecule has 0 spiro atoms. The summed E-state index contributed by atoms with van der Waals surface area (Å²) in [6.07, 6.45) is -0.0581. The van der Waals surface area contributed by atoms with Crippen LogP contribution in [-0.2, 0) is 20.7 Å². The average molecular weight is 278 g/mol. The van der Waals surface area contributed by atoms with Gasteiger partial charge in [0.15, 0.2) is 11.5 Å². The highest BCUT2D eigenvalue weighted by atomic mass is 35.5. The number of nitrogen functional groups attached to an aromatic ring is 1. The number of nitrogens with two attached hydrogens (primary N) is 1. The molecule has 0 atom stereocenters. The summed E-state index contributed by atoms with van der Waals surface area (Å²) in [4.78, 5) is 29.1. The molecule has 0 bridgehead atoms. The molecule has 0 fully saturated rings. The van der Waals surface area contributed by atoms with E-state index >= 15 is 0 Å². The maximum absolute atomic E-state index is 11.4. The predicted octanol–water partition coefficient (Wildman–Crippen LogP) is 0.696. The molecule has 0 amide bonds. The topological polar surface area (TPSA) is 107 Å². The van der Waals surface area contributed by atoms with Crippen molar-refractivity contribution in [2.24, 2.45) is 0 Å². The van der Waals surface area contributed by atoms with Crippen molar-refractivity contribution in [3.8, 4) is 0 Å². The summed E-state index contributed by atoms with van der Waals surface area (Å²) in [5.41, 5.74) is 5.59. The lowest BCUT2D eigenvalue weighted by Crippen LogP contribution is -2.09. The highest BCUT2D eigenvalue weighted by Crippen LogP contribution is 2.10. The zero-order valence-electron chi connectivity index (χ0n) is 10.2. The van der Waals surface area contributed by atoms with Gasteiger partial charge in [0, 0.05) is 0 Å². The molecule has 7 nitrogen and oxygen atoms in total. The Morgan fingerprint density at radius 3 is 2.44 bits per heavy atom. The zero-order valence-corrected chi connectivity index (χ0v) is 11.0. The van der Waals surface area contributed by atoms with Crippen molar-refractivity contribution in [2.45, 2.75) is 20.3 Å². The van der Waals surface area contributed by atoms with Crippen LogP contribution >= 0.6 is 12.4 Å². The first-order chi connectivity index (χ1) is 8.08. The number of aromatic nitrogens is 2. The van der Waals surface area contributed by atoms with Gasteiger partial charge in [0.2, 0.25) is 0 Å². The van der Waals surface area contributed by atoms with E-state index in [-0.39, 0.29) is 42.8 Å². The first kappa shape index (κ1) is 16.2. The summed E-state index contributed by atoms with van der Waals surface area (Å²) < 4.78 is 9.52. The Balaban J connectivity index is 0.00000289. The molecule has 0 saturated heterocycles. The van der Waals surface area contributed by atoms with Crippen molar-refractivity contribution in [3.63, 3.8) is 0 Å². The van der Waals surface area contributed by atoms with E-state index in [2.05, 4.69) is 9.97 Å². The molecule has 0 aromatic carbocycles. The Kier molecular flexibility index (Phi) is 6.81.